The maximum atomic E-state index is 13.1. The topological polar surface area (TPSA) is 23.5 Å². The van der Waals surface area contributed by atoms with Crippen LogP contribution in [-0.2, 0) is 6.42 Å². The van der Waals surface area contributed by atoms with Crippen LogP contribution in [0.1, 0.15) is 38.7 Å². The molecule has 0 bridgehead atoms. The molecule has 1 atom stereocenters. The van der Waals surface area contributed by atoms with Gasteiger partial charge in [0, 0.05) is 16.4 Å². The molecule has 1 saturated heterocycles. The lowest BCUT2D eigenvalue weighted by atomic mass is 9.88. The monoisotopic (exact) mass is 343 g/mol. The molecule has 0 amide bonds. The van der Waals surface area contributed by atoms with Gasteiger partial charge in [0.15, 0.2) is 0 Å². The fourth-order valence-electron chi connectivity index (χ4n) is 2.83. The zero-order valence-corrected chi connectivity index (χ0v) is 13.8. The van der Waals surface area contributed by atoms with Gasteiger partial charge in [0.25, 0.3) is 0 Å². The van der Waals surface area contributed by atoms with Crippen molar-refractivity contribution in [2.24, 2.45) is 0 Å². The van der Waals surface area contributed by atoms with Crippen LogP contribution >= 0.6 is 15.9 Å². The molecule has 1 aromatic carbocycles. The van der Waals surface area contributed by atoms with E-state index in [9.17, 15) is 9.50 Å². The maximum absolute atomic E-state index is 13.1. The summed E-state index contributed by atoms with van der Waals surface area (Å²) in [5.74, 6) is -0.259. The predicted molar refractivity (Wildman–Crippen MR) is 83.3 cm³/mol. The van der Waals surface area contributed by atoms with Gasteiger partial charge in [0.2, 0.25) is 0 Å². The van der Waals surface area contributed by atoms with Crippen LogP contribution in [0.4, 0.5) is 4.39 Å². The van der Waals surface area contributed by atoms with Crippen molar-refractivity contribution >= 4 is 15.9 Å². The van der Waals surface area contributed by atoms with E-state index in [-0.39, 0.29) is 11.4 Å². The molecule has 1 aliphatic rings. The molecule has 0 aromatic heterocycles. The van der Waals surface area contributed by atoms with Crippen molar-refractivity contribution in [1.82, 2.24) is 4.90 Å². The van der Waals surface area contributed by atoms with Crippen LogP contribution in [0, 0.1) is 5.82 Å². The highest BCUT2D eigenvalue weighted by molar-refractivity contribution is 9.10. The molecule has 1 aromatic rings. The molecule has 0 aliphatic carbocycles. The zero-order valence-electron chi connectivity index (χ0n) is 12.2. The Balaban J connectivity index is 2.07. The van der Waals surface area contributed by atoms with Gasteiger partial charge in [0.1, 0.15) is 5.82 Å². The predicted octanol–water partition coefficient (Wildman–Crippen LogP) is 3.76. The number of halogens is 2. The van der Waals surface area contributed by atoms with Crippen molar-refractivity contribution in [3.05, 3.63) is 34.1 Å². The highest BCUT2D eigenvalue weighted by Crippen LogP contribution is 2.28. The summed E-state index contributed by atoms with van der Waals surface area (Å²) in [6.45, 7) is 6.30. The Morgan fingerprint density at radius 2 is 1.95 bits per heavy atom. The number of aliphatic hydroxyl groups is 1. The fourth-order valence-corrected chi connectivity index (χ4v) is 3.34. The Hall–Kier alpha value is -0.450. The third kappa shape index (κ3) is 3.60. The summed E-state index contributed by atoms with van der Waals surface area (Å²) >= 11 is 3.37. The van der Waals surface area contributed by atoms with Crippen molar-refractivity contribution < 1.29 is 9.50 Å². The number of nitrogens with zero attached hydrogens (tertiary/aromatic N) is 1. The molecule has 1 aliphatic heterocycles. The van der Waals surface area contributed by atoms with Crippen LogP contribution < -0.4 is 0 Å². The van der Waals surface area contributed by atoms with Crippen molar-refractivity contribution in [1.29, 1.82) is 0 Å². The van der Waals surface area contributed by atoms with Gasteiger partial charge in [-0.2, -0.15) is 0 Å². The number of piperidine rings is 1. The molecule has 1 N–H and O–H groups in total. The molecule has 2 nitrogen and oxygen atoms in total. The number of hydrogen-bond acceptors (Lipinski definition) is 2. The summed E-state index contributed by atoms with van der Waals surface area (Å²) in [7, 11) is 0. The second-order valence-electron chi connectivity index (χ2n) is 6.16. The highest BCUT2D eigenvalue weighted by Gasteiger charge is 2.35. The lowest BCUT2D eigenvalue weighted by Gasteiger charge is -2.44. The third-order valence-electron chi connectivity index (χ3n) is 4.41. The van der Waals surface area contributed by atoms with Gasteiger partial charge >= 0.3 is 0 Å². The minimum atomic E-state index is -0.470. The van der Waals surface area contributed by atoms with Gasteiger partial charge < -0.3 is 5.11 Å². The number of hydrogen-bond donors (Lipinski definition) is 1. The largest absolute Gasteiger partial charge is 0.391 e. The first-order valence-corrected chi connectivity index (χ1v) is 8.07. The zero-order chi connectivity index (χ0) is 14.8. The molecule has 4 heteroatoms. The van der Waals surface area contributed by atoms with E-state index in [1.807, 2.05) is 0 Å². The minimum absolute atomic E-state index is 0.256. The van der Waals surface area contributed by atoms with E-state index in [2.05, 4.69) is 34.7 Å². The van der Waals surface area contributed by atoms with Crippen molar-refractivity contribution in [2.45, 2.75) is 51.2 Å². The first-order valence-electron chi connectivity index (χ1n) is 7.28. The molecule has 0 spiro atoms. The van der Waals surface area contributed by atoms with Gasteiger partial charge in [-0.25, -0.2) is 4.39 Å². The van der Waals surface area contributed by atoms with Gasteiger partial charge in [0.05, 0.1) is 6.10 Å². The van der Waals surface area contributed by atoms with Crippen molar-refractivity contribution in [3.63, 3.8) is 0 Å². The number of rotatable bonds is 4. The van der Waals surface area contributed by atoms with Crippen LogP contribution in [0.2, 0.25) is 0 Å². The van der Waals surface area contributed by atoms with Crippen LogP contribution in [0.15, 0.2) is 22.7 Å². The van der Waals surface area contributed by atoms with Crippen LogP contribution in [-0.4, -0.2) is 34.7 Å². The van der Waals surface area contributed by atoms with E-state index in [1.54, 1.807) is 6.07 Å². The Morgan fingerprint density at radius 1 is 1.30 bits per heavy atom. The molecule has 20 heavy (non-hydrogen) atoms. The van der Waals surface area contributed by atoms with E-state index in [1.165, 1.54) is 31.4 Å². The molecule has 112 valence electrons. The van der Waals surface area contributed by atoms with Crippen molar-refractivity contribution in [3.8, 4) is 0 Å². The standard InChI is InChI=1S/C16H23BrFNO/c1-16(2,19-8-4-3-5-9-19)15(20)10-12-6-7-13(18)11-14(12)17/h6-7,11,15,20H,3-5,8-10H2,1-2H3. The maximum Gasteiger partial charge on any atom is 0.124 e. The molecule has 1 unspecified atom stereocenters. The second kappa shape index (κ2) is 6.54. The Morgan fingerprint density at radius 3 is 2.55 bits per heavy atom. The summed E-state index contributed by atoms with van der Waals surface area (Å²) in [5.41, 5.74) is 0.692. The molecule has 2 rings (SSSR count). The van der Waals surface area contributed by atoms with Crippen molar-refractivity contribution in [2.75, 3.05) is 13.1 Å². The van der Waals surface area contributed by atoms with Gasteiger partial charge in [-0.15, -0.1) is 0 Å². The summed E-state index contributed by atoms with van der Waals surface area (Å²) in [5, 5.41) is 10.6. The lowest BCUT2D eigenvalue weighted by Crippen LogP contribution is -2.54. The Kier molecular flexibility index (Phi) is 5.21. The lowest BCUT2D eigenvalue weighted by molar-refractivity contribution is -0.0187. The van der Waals surface area contributed by atoms with Crippen LogP contribution in [0.25, 0.3) is 0 Å². The van der Waals surface area contributed by atoms with Crippen LogP contribution in [0.5, 0.6) is 0 Å². The average molecular weight is 344 g/mol. The first-order chi connectivity index (χ1) is 9.41. The average Bonchev–Trinajstić information content (AvgIpc) is 2.42. The molecule has 0 saturated carbocycles. The number of benzene rings is 1. The Bertz CT molecular complexity index is 458. The molecule has 0 radical (unpaired) electrons. The van der Waals surface area contributed by atoms with E-state index in [0.29, 0.717) is 6.42 Å². The molecule has 1 fully saturated rings. The Labute approximate surface area is 129 Å². The van der Waals surface area contributed by atoms with Crippen LogP contribution in [0.3, 0.4) is 0 Å². The SMILES string of the molecule is CC(C)(C(O)Cc1ccc(F)cc1Br)N1CCCCC1. The minimum Gasteiger partial charge on any atom is -0.391 e. The van der Waals surface area contributed by atoms with E-state index in [4.69, 9.17) is 0 Å². The van der Waals surface area contributed by atoms with E-state index < -0.39 is 6.10 Å². The van der Waals surface area contributed by atoms with E-state index >= 15 is 0 Å². The highest BCUT2D eigenvalue weighted by atomic mass is 79.9. The summed E-state index contributed by atoms with van der Waals surface area (Å²) in [4.78, 5) is 2.37. The smallest absolute Gasteiger partial charge is 0.124 e. The van der Waals surface area contributed by atoms with Gasteiger partial charge in [-0.3, -0.25) is 4.90 Å². The fraction of sp³-hybridized carbons (Fsp3) is 0.625. The number of aliphatic hydroxyl groups excluding tert-OH is 1. The van der Waals surface area contributed by atoms with E-state index in [0.717, 1.165) is 23.1 Å². The second-order valence-corrected chi connectivity index (χ2v) is 7.01. The molecular formula is C16H23BrFNO. The quantitative estimate of drug-likeness (QED) is 0.899. The summed E-state index contributed by atoms with van der Waals surface area (Å²) in [6, 6.07) is 4.64. The first kappa shape index (κ1) is 15.9. The summed E-state index contributed by atoms with van der Waals surface area (Å²) in [6.07, 6.45) is 3.76. The van der Waals surface area contributed by atoms with Gasteiger partial charge in [-0.1, -0.05) is 28.4 Å². The molecular weight excluding hydrogens is 321 g/mol. The third-order valence-corrected chi connectivity index (χ3v) is 5.15. The number of likely N-dealkylation sites (tertiary alicyclic amines) is 1. The van der Waals surface area contributed by atoms with Gasteiger partial charge in [-0.05, 0) is 57.5 Å². The summed E-state index contributed by atoms with van der Waals surface area (Å²) < 4.78 is 13.8. The molecule has 1 heterocycles. The normalized spacial score (nSPS) is 19.1.